The maximum Gasteiger partial charge on any atom is 0.227 e. The first-order valence-corrected chi connectivity index (χ1v) is 5.17. The van der Waals surface area contributed by atoms with Crippen molar-refractivity contribution in [1.82, 2.24) is 15.1 Å². The number of carbonyl (C=O) groups is 2. The van der Waals surface area contributed by atoms with Crippen molar-refractivity contribution in [2.45, 2.75) is 6.42 Å². The summed E-state index contributed by atoms with van der Waals surface area (Å²) in [7, 11) is 5.73. The first-order valence-electron chi connectivity index (χ1n) is 5.17. The third-order valence-electron chi connectivity index (χ3n) is 2.59. The number of hydrogen-bond acceptors (Lipinski definition) is 3. The van der Waals surface area contributed by atoms with E-state index in [9.17, 15) is 9.59 Å². The van der Waals surface area contributed by atoms with Crippen LogP contribution in [0.25, 0.3) is 0 Å². The molecule has 0 aromatic carbocycles. The quantitative estimate of drug-likeness (QED) is 0.661. The molecule has 86 valence electrons. The van der Waals surface area contributed by atoms with Crippen molar-refractivity contribution in [2.75, 3.05) is 40.8 Å². The van der Waals surface area contributed by atoms with Gasteiger partial charge >= 0.3 is 0 Å². The van der Waals surface area contributed by atoms with E-state index in [2.05, 4.69) is 5.32 Å². The second kappa shape index (κ2) is 5.11. The molecule has 1 heterocycles. The summed E-state index contributed by atoms with van der Waals surface area (Å²) in [5.41, 5.74) is 0. The van der Waals surface area contributed by atoms with Crippen molar-refractivity contribution >= 4 is 11.8 Å². The van der Waals surface area contributed by atoms with Crippen LogP contribution >= 0.6 is 0 Å². The second-order valence-electron chi connectivity index (χ2n) is 4.27. The van der Waals surface area contributed by atoms with E-state index in [0.29, 0.717) is 19.5 Å². The maximum absolute atomic E-state index is 11.8. The first kappa shape index (κ1) is 12.0. The average molecular weight is 213 g/mol. The van der Waals surface area contributed by atoms with Crippen LogP contribution in [0.3, 0.4) is 0 Å². The molecule has 0 bridgehead atoms. The lowest BCUT2D eigenvalue weighted by atomic mass is 10.1. The number of nitrogens with one attached hydrogen (secondary N) is 1. The summed E-state index contributed by atoms with van der Waals surface area (Å²) in [5.74, 6) is -0.116. The zero-order chi connectivity index (χ0) is 11.4. The highest BCUT2D eigenvalue weighted by Crippen LogP contribution is 2.11. The summed E-state index contributed by atoms with van der Waals surface area (Å²) in [5, 5.41) is 2.67. The summed E-state index contributed by atoms with van der Waals surface area (Å²) >= 11 is 0. The number of likely N-dealkylation sites (N-methyl/N-ethyl adjacent to an activating group) is 2. The maximum atomic E-state index is 11.8. The number of carbonyl (C=O) groups excluding carboxylic acids is 2. The summed E-state index contributed by atoms with van der Waals surface area (Å²) in [4.78, 5) is 26.5. The molecular formula is C10H19N3O2. The van der Waals surface area contributed by atoms with Crippen molar-refractivity contribution in [1.29, 1.82) is 0 Å². The van der Waals surface area contributed by atoms with Gasteiger partial charge in [-0.25, -0.2) is 0 Å². The monoisotopic (exact) mass is 213 g/mol. The Morgan fingerprint density at radius 1 is 1.40 bits per heavy atom. The standard InChI is InChI=1S/C10H19N3O2/c1-12(2)4-5-13(3)10(15)8-6-9(14)11-7-8/h8H,4-7H2,1-3H3,(H,11,14). The van der Waals surface area contributed by atoms with Gasteiger partial charge in [-0.15, -0.1) is 0 Å². The minimum absolute atomic E-state index is 0.0191. The summed E-state index contributed by atoms with van der Waals surface area (Å²) in [6.45, 7) is 2.04. The summed E-state index contributed by atoms with van der Waals surface area (Å²) in [6, 6.07) is 0. The van der Waals surface area contributed by atoms with E-state index in [4.69, 9.17) is 0 Å². The molecule has 1 unspecified atom stereocenters. The molecule has 1 atom stereocenters. The normalized spacial score (nSPS) is 20.5. The average Bonchev–Trinajstić information content (AvgIpc) is 2.60. The van der Waals surface area contributed by atoms with E-state index in [1.54, 1.807) is 11.9 Å². The summed E-state index contributed by atoms with van der Waals surface area (Å²) in [6.07, 6.45) is 0.338. The minimum Gasteiger partial charge on any atom is -0.355 e. The molecule has 0 spiro atoms. The van der Waals surface area contributed by atoms with Crippen molar-refractivity contribution in [3.8, 4) is 0 Å². The molecule has 15 heavy (non-hydrogen) atoms. The van der Waals surface area contributed by atoms with Crippen LogP contribution < -0.4 is 5.32 Å². The molecule has 1 rings (SSSR count). The lowest BCUT2D eigenvalue weighted by Gasteiger charge is -2.21. The Balaban J connectivity index is 2.35. The highest BCUT2D eigenvalue weighted by molar-refractivity contribution is 5.89. The molecule has 0 saturated carbocycles. The van der Waals surface area contributed by atoms with Crippen LogP contribution in [0.1, 0.15) is 6.42 Å². The number of nitrogens with zero attached hydrogens (tertiary/aromatic N) is 2. The van der Waals surface area contributed by atoms with Gasteiger partial charge in [-0.3, -0.25) is 9.59 Å². The molecule has 1 saturated heterocycles. The van der Waals surface area contributed by atoms with E-state index < -0.39 is 0 Å². The van der Waals surface area contributed by atoms with Crippen molar-refractivity contribution in [2.24, 2.45) is 5.92 Å². The Morgan fingerprint density at radius 3 is 2.53 bits per heavy atom. The number of amides is 2. The van der Waals surface area contributed by atoms with Gasteiger partial charge in [0, 0.05) is 33.1 Å². The van der Waals surface area contributed by atoms with Crippen LogP contribution in [0, 0.1) is 5.92 Å². The van der Waals surface area contributed by atoms with Crippen LogP contribution in [0.5, 0.6) is 0 Å². The third kappa shape index (κ3) is 3.51. The Bertz CT molecular complexity index is 253. The molecule has 1 aliphatic rings. The van der Waals surface area contributed by atoms with Crippen molar-refractivity contribution in [3.63, 3.8) is 0 Å². The van der Waals surface area contributed by atoms with Gasteiger partial charge < -0.3 is 15.1 Å². The van der Waals surface area contributed by atoms with Crippen molar-refractivity contribution < 1.29 is 9.59 Å². The zero-order valence-electron chi connectivity index (χ0n) is 9.62. The molecule has 1 aliphatic heterocycles. The van der Waals surface area contributed by atoms with E-state index in [1.165, 1.54) is 0 Å². The molecule has 1 N–H and O–H groups in total. The van der Waals surface area contributed by atoms with Gasteiger partial charge in [0.15, 0.2) is 0 Å². The molecule has 0 aromatic heterocycles. The molecule has 0 aliphatic carbocycles. The third-order valence-corrected chi connectivity index (χ3v) is 2.59. The van der Waals surface area contributed by atoms with Gasteiger partial charge in [0.2, 0.25) is 11.8 Å². The smallest absolute Gasteiger partial charge is 0.227 e. The SMILES string of the molecule is CN(C)CCN(C)C(=O)C1CNC(=O)C1. The van der Waals surface area contributed by atoms with Gasteiger partial charge in [-0.05, 0) is 14.1 Å². The molecule has 0 radical (unpaired) electrons. The van der Waals surface area contributed by atoms with Gasteiger partial charge in [-0.1, -0.05) is 0 Å². The van der Waals surface area contributed by atoms with Crippen molar-refractivity contribution in [3.05, 3.63) is 0 Å². The second-order valence-corrected chi connectivity index (χ2v) is 4.27. The predicted octanol–water partition coefficient (Wildman–Crippen LogP) is -0.857. The lowest BCUT2D eigenvalue weighted by molar-refractivity contribution is -0.134. The van der Waals surface area contributed by atoms with E-state index in [0.717, 1.165) is 6.54 Å². The van der Waals surface area contributed by atoms with Gasteiger partial charge in [0.25, 0.3) is 0 Å². The van der Waals surface area contributed by atoms with E-state index in [1.807, 2.05) is 19.0 Å². The first-order chi connectivity index (χ1) is 7.00. The molecular weight excluding hydrogens is 194 g/mol. The Kier molecular flexibility index (Phi) is 4.08. The van der Waals surface area contributed by atoms with Crippen LogP contribution in [0.15, 0.2) is 0 Å². The van der Waals surface area contributed by atoms with E-state index >= 15 is 0 Å². The fourth-order valence-corrected chi connectivity index (χ4v) is 1.55. The molecule has 5 heteroatoms. The fraction of sp³-hybridized carbons (Fsp3) is 0.800. The molecule has 0 aromatic rings. The molecule has 1 fully saturated rings. The van der Waals surface area contributed by atoms with Crippen LogP contribution in [0.2, 0.25) is 0 Å². The van der Waals surface area contributed by atoms with Gasteiger partial charge in [-0.2, -0.15) is 0 Å². The molecule has 5 nitrogen and oxygen atoms in total. The van der Waals surface area contributed by atoms with E-state index in [-0.39, 0.29) is 17.7 Å². The van der Waals surface area contributed by atoms with Crippen LogP contribution in [-0.2, 0) is 9.59 Å². The Labute approximate surface area is 90.4 Å². The lowest BCUT2D eigenvalue weighted by Crippen LogP contribution is -2.38. The largest absolute Gasteiger partial charge is 0.355 e. The predicted molar refractivity (Wildman–Crippen MR) is 57.3 cm³/mol. The topological polar surface area (TPSA) is 52.6 Å². The summed E-state index contributed by atoms with van der Waals surface area (Å²) < 4.78 is 0. The van der Waals surface area contributed by atoms with Gasteiger partial charge in [0.1, 0.15) is 0 Å². The highest BCUT2D eigenvalue weighted by Gasteiger charge is 2.29. The molecule has 2 amide bonds. The highest BCUT2D eigenvalue weighted by atomic mass is 16.2. The fourth-order valence-electron chi connectivity index (χ4n) is 1.55. The Morgan fingerprint density at radius 2 is 2.07 bits per heavy atom. The van der Waals surface area contributed by atoms with Gasteiger partial charge in [0.05, 0.1) is 5.92 Å². The minimum atomic E-state index is -0.162. The number of rotatable bonds is 4. The number of hydrogen-bond donors (Lipinski definition) is 1. The van der Waals surface area contributed by atoms with Crippen LogP contribution in [0.4, 0.5) is 0 Å². The van der Waals surface area contributed by atoms with Crippen LogP contribution in [-0.4, -0.2) is 62.4 Å². The Hall–Kier alpha value is -1.10. The zero-order valence-corrected chi connectivity index (χ0v) is 9.62.